The summed E-state index contributed by atoms with van der Waals surface area (Å²) in [7, 11) is 2.05. The molecule has 0 aromatic heterocycles. The summed E-state index contributed by atoms with van der Waals surface area (Å²) in [5.41, 5.74) is 0.906. The molecule has 1 atom stereocenters. The van der Waals surface area contributed by atoms with Crippen LogP contribution in [0.3, 0.4) is 0 Å². The molecule has 1 aromatic carbocycles. The summed E-state index contributed by atoms with van der Waals surface area (Å²) in [4.78, 5) is 19.0. The van der Waals surface area contributed by atoms with Crippen molar-refractivity contribution in [3.8, 4) is 0 Å². The molecule has 0 unspecified atom stereocenters. The molecule has 3 aliphatic heterocycles. The van der Waals surface area contributed by atoms with E-state index in [0.717, 1.165) is 51.1 Å². The Kier molecular flexibility index (Phi) is 5.37. The van der Waals surface area contributed by atoms with Crippen LogP contribution in [0.1, 0.15) is 32.1 Å². The average Bonchev–Trinajstić information content (AvgIpc) is 3.33. The van der Waals surface area contributed by atoms with Crippen molar-refractivity contribution in [2.45, 2.75) is 43.7 Å². The number of likely N-dealkylation sites (N-methyl/N-ethyl adjacent to an activating group) is 1. The first-order valence-corrected chi connectivity index (χ1v) is 10.2. The van der Waals surface area contributed by atoms with E-state index in [1.54, 1.807) is 0 Å². The number of anilines is 1. The van der Waals surface area contributed by atoms with E-state index in [1.165, 1.54) is 25.0 Å². The van der Waals surface area contributed by atoms with Crippen molar-refractivity contribution in [3.63, 3.8) is 0 Å². The number of carbonyl (C=O) groups excluding carboxylic acids is 1. The van der Waals surface area contributed by atoms with Gasteiger partial charge >= 0.3 is 0 Å². The van der Waals surface area contributed by atoms with Gasteiger partial charge in [-0.3, -0.25) is 9.69 Å². The number of carbonyl (C=O) groups is 1. The quantitative estimate of drug-likeness (QED) is 0.810. The summed E-state index contributed by atoms with van der Waals surface area (Å²) in [5.74, 6) is 0.0574. The minimum atomic E-state index is -0.211. The third-order valence-electron chi connectivity index (χ3n) is 6.56. The minimum Gasteiger partial charge on any atom is -0.373 e. The highest BCUT2D eigenvalue weighted by atomic mass is 19.1. The molecule has 148 valence electrons. The van der Waals surface area contributed by atoms with Crippen molar-refractivity contribution in [2.24, 2.45) is 0 Å². The molecule has 0 aliphatic carbocycles. The van der Waals surface area contributed by atoms with Gasteiger partial charge in [0.05, 0.1) is 24.8 Å². The van der Waals surface area contributed by atoms with Gasteiger partial charge in [0.25, 0.3) is 0 Å². The number of likely N-dealkylation sites (tertiary alicyclic amines) is 2. The Morgan fingerprint density at radius 3 is 2.52 bits per heavy atom. The van der Waals surface area contributed by atoms with E-state index in [2.05, 4.69) is 16.8 Å². The van der Waals surface area contributed by atoms with Crippen LogP contribution in [0.15, 0.2) is 24.3 Å². The zero-order chi connectivity index (χ0) is 18.9. The molecular weight excluding hydrogens is 345 g/mol. The number of piperidine rings is 1. The van der Waals surface area contributed by atoms with E-state index < -0.39 is 0 Å². The molecule has 1 aromatic rings. The Hall–Kier alpha value is -1.66. The van der Waals surface area contributed by atoms with Crippen LogP contribution in [0.4, 0.5) is 10.1 Å². The molecule has 6 heteroatoms. The van der Waals surface area contributed by atoms with Gasteiger partial charge in [-0.05, 0) is 69.5 Å². The molecule has 3 heterocycles. The van der Waals surface area contributed by atoms with Crippen molar-refractivity contribution in [2.75, 3.05) is 51.3 Å². The Balaban J connectivity index is 1.29. The topological polar surface area (TPSA) is 36.0 Å². The van der Waals surface area contributed by atoms with Crippen molar-refractivity contribution in [1.82, 2.24) is 9.80 Å². The molecule has 0 radical (unpaired) electrons. The molecule has 0 saturated carbocycles. The Morgan fingerprint density at radius 1 is 1.19 bits per heavy atom. The van der Waals surface area contributed by atoms with E-state index in [9.17, 15) is 9.18 Å². The van der Waals surface area contributed by atoms with Crippen LogP contribution in [0.5, 0.6) is 0 Å². The van der Waals surface area contributed by atoms with Crippen LogP contribution < -0.4 is 4.90 Å². The highest BCUT2D eigenvalue weighted by molar-refractivity contribution is 5.78. The smallest absolute Gasteiger partial charge is 0.236 e. The van der Waals surface area contributed by atoms with Crippen LogP contribution >= 0.6 is 0 Å². The lowest BCUT2D eigenvalue weighted by atomic mass is 9.87. The van der Waals surface area contributed by atoms with Crippen molar-refractivity contribution < 1.29 is 13.9 Å². The summed E-state index contributed by atoms with van der Waals surface area (Å²) in [5, 5.41) is 0. The molecular formula is C21H30FN3O2. The SMILES string of the molecule is CN(c1ccc(F)cc1)[C@@H]1COC2(CCN(C(=O)CN3CCCC3)CC2)C1. The fourth-order valence-corrected chi connectivity index (χ4v) is 4.70. The first-order chi connectivity index (χ1) is 13.0. The maximum absolute atomic E-state index is 13.2. The van der Waals surface area contributed by atoms with Gasteiger partial charge in [0.1, 0.15) is 5.82 Å². The van der Waals surface area contributed by atoms with Crippen molar-refractivity contribution in [3.05, 3.63) is 30.1 Å². The largest absolute Gasteiger partial charge is 0.373 e. The molecule has 3 fully saturated rings. The van der Waals surface area contributed by atoms with Crippen molar-refractivity contribution >= 4 is 11.6 Å². The second-order valence-corrected chi connectivity index (χ2v) is 8.30. The molecule has 1 amide bonds. The lowest BCUT2D eigenvalue weighted by Gasteiger charge is -2.39. The maximum Gasteiger partial charge on any atom is 0.236 e. The van der Waals surface area contributed by atoms with E-state index in [4.69, 9.17) is 4.74 Å². The maximum atomic E-state index is 13.2. The van der Waals surface area contributed by atoms with Gasteiger partial charge in [-0.25, -0.2) is 4.39 Å². The zero-order valence-electron chi connectivity index (χ0n) is 16.2. The van der Waals surface area contributed by atoms with Gasteiger partial charge in [-0.1, -0.05) is 0 Å². The number of amides is 1. The predicted molar refractivity (Wildman–Crippen MR) is 103 cm³/mol. The van der Waals surface area contributed by atoms with Gasteiger partial charge in [0.2, 0.25) is 5.91 Å². The second-order valence-electron chi connectivity index (χ2n) is 8.30. The van der Waals surface area contributed by atoms with Gasteiger partial charge in [-0.15, -0.1) is 0 Å². The molecule has 0 bridgehead atoms. The Labute approximate surface area is 161 Å². The highest BCUT2D eigenvalue weighted by Gasteiger charge is 2.44. The normalized spacial score (nSPS) is 25.3. The number of hydrogen-bond acceptors (Lipinski definition) is 4. The number of ether oxygens (including phenoxy) is 1. The van der Waals surface area contributed by atoms with E-state index >= 15 is 0 Å². The Bertz CT molecular complexity index is 652. The fourth-order valence-electron chi connectivity index (χ4n) is 4.70. The predicted octanol–water partition coefficient (Wildman–Crippen LogP) is 2.51. The van der Waals surface area contributed by atoms with Gasteiger partial charge in [0.15, 0.2) is 0 Å². The average molecular weight is 375 g/mol. The Morgan fingerprint density at radius 2 is 1.85 bits per heavy atom. The summed E-state index contributed by atoms with van der Waals surface area (Å²) >= 11 is 0. The number of nitrogens with zero attached hydrogens (tertiary/aromatic N) is 3. The second kappa shape index (κ2) is 7.76. The van der Waals surface area contributed by atoms with E-state index in [-0.39, 0.29) is 17.3 Å². The van der Waals surface area contributed by atoms with Crippen LogP contribution in [0, 0.1) is 5.82 Å². The molecule has 5 nitrogen and oxygen atoms in total. The zero-order valence-corrected chi connectivity index (χ0v) is 16.2. The van der Waals surface area contributed by atoms with Crippen molar-refractivity contribution in [1.29, 1.82) is 0 Å². The standard InChI is InChI=1S/C21H30FN3O2/c1-23(18-6-4-17(22)5-7-18)19-14-21(27-16-19)8-12-25(13-9-21)20(26)15-24-10-2-3-11-24/h4-7,19H,2-3,8-16H2,1H3/t19-/m0/s1. The monoisotopic (exact) mass is 375 g/mol. The van der Waals surface area contributed by atoms with Crippen LogP contribution in [0.25, 0.3) is 0 Å². The van der Waals surface area contributed by atoms with E-state index in [0.29, 0.717) is 19.2 Å². The first-order valence-electron chi connectivity index (χ1n) is 10.2. The lowest BCUT2D eigenvalue weighted by Crippen LogP contribution is -2.49. The molecule has 3 saturated heterocycles. The number of rotatable bonds is 4. The molecule has 27 heavy (non-hydrogen) atoms. The molecule has 1 spiro atoms. The van der Waals surface area contributed by atoms with Crippen LogP contribution in [-0.2, 0) is 9.53 Å². The summed E-state index contributed by atoms with van der Waals surface area (Å²) in [6.07, 6.45) is 5.22. The molecule has 0 N–H and O–H groups in total. The van der Waals surface area contributed by atoms with Gasteiger partial charge in [0, 0.05) is 25.8 Å². The highest BCUT2D eigenvalue weighted by Crippen LogP contribution is 2.38. The number of hydrogen-bond donors (Lipinski definition) is 0. The summed E-state index contributed by atoms with van der Waals surface area (Å²) in [6, 6.07) is 6.94. The number of halogens is 1. The molecule has 3 aliphatic rings. The van der Waals surface area contributed by atoms with E-state index in [1.807, 2.05) is 17.0 Å². The van der Waals surface area contributed by atoms with Gasteiger partial charge in [-0.2, -0.15) is 0 Å². The lowest BCUT2D eigenvalue weighted by molar-refractivity contribution is -0.136. The third-order valence-corrected chi connectivity index (χ3v) is 6.56. The number of benzene rings is 1. The third kappa shape index (κ3) is 4.11. The van der Waals surface area contributed by atoms with Crippen LogP contribution in [-0.4, -0.2) is 73.7 Å². The minimum absolute atomic E-state index is 0.108. The first kappa shape index (κ1) is 18.7. The summed E-state index contributed by atoms with van der Waals surface area (Å²) < 4.78 is 19.4. The van der Waals surface area contributed by atoms with Crippen LogP contribution in [0.2, 0.25) is 0 Å². The van der Waals surface area contributed by atoms with Gasteiger partial charge < -0.3 is 14.5 Å². The molecule has 4 rings (SSSR count). The summed E-state index contributed by atoms with van der Waals surface area (Å²) in [6.45, 7) is 4.97. The fraction of sp³-hybridized carbons (Fsp3) is 0.667.